The van der Waals surface area contributed by atoms with E-state index in [1.54, 1.807) is 91.0 Å². The Bertz CT molecular complexity index is 2010. The maximum Gasteiger partial charge on any atom is 0.444 e. The minimum Gasteiger partial charge on any atom is -0.424 e. The molecular weight excluding hydrogens is 732 g/mol. The second-order valence-electron chi connectivity index (χ2n) is 12.6. The summed E-state index contributed by atoms with van der Waals surface area (Å²) >= 11 is 6.37. The van der Waals surface area contributed by atoms with Crippen LogP contribution in [0, 0.1) is 0 Å². The van der Waals surface area contributed by atoms with Gasteiger partial charge in [-0.2, -0.15) is 9.97 Å². The number of aliphatic hydroxyl groups is 2. The van der Waals surface area contributed by atoms with Crippen LogP contribution < -0.4 is 18.5 Å². The van der Waals surface area contributed by atoms with E-state index in [9.17, 15) is 19.3 Å². The summed E-state index contributed by atoms with van der Waals surface area (Å²) in [6.45, 7) is -0.534. The van der Waals surface area contributed by atoms with Crippen LogP contribution in [0.25, 0.3) is 11.2 Å². The zero-order valence-corrected chi connectivity index (χ0v) is 30.7. The average molecular weight is 770 g/mol. The monoisotopic (exact) mass is 769 g/mol. The lowest BCUT2D eigenvalue weighted by Crippen LogP contribution is -2.34. The van der Waals surface area contributed by atoms with Crippen molar-refractivity contribution in [2.45, 2.75) is 56.3 Å². The number of hydrogen-bond acceptors (Lipinski definition) is 13. The summed E-state index contributed by atoms with van der Waals surface area (Å²) in [5, 5.41) is 22.4. The van der Waals surface area contributed by atoms with Gasteiger partial charge in [0, 0.05) is 13.1 Å². The number of aliphatic hydroxyl groups excluding tert-OH is 2. The van der Waals surface area contributed by atoms with Gasteiger partial charge in [-0.1, -0.05) is 67.4 Å². The number of anilines is 1. The molecule has 0 amide bonds. The van der Waals surface area contributed by atoms with E-state index in [0.29, 0.717) is 17.0 Å². The van der Waals surface area contributed by atoms with E-state index in [0.717, 1.165) is 25.7 Å². The fourth-order valence-electron chi connectivity index (χ4n) is 6.37. The topological polar surface area (TPSA) is 168 Å². The van der Waals surface area contributed by atoms with Crippen molar-refractivity contribution in [3.8, 4) is 17.2 Å². The van der Waals surface area contributed by atoms with Crippen LogP contribution in [0.5, 0.6) is 17.2 Å². The third kappa shape index (κ3) is 8.14. The summed E-state index contributed by atoms with van der Waals surface area (Å²) in [5.74, 6) is 0.326. The molecule has 274 valence electrons. The number of para-hydroxylation sites is 3. The van der Waals surface area contributed by atoms with Gasteiger partial charge in [0.25, 0.3) is 0 Å². The molecule has 52 heavy (non-hydrogen) atoms. The molecule has 5 aromatic rings. The summed E-state index contributed by atoms with van der Waals surface area (Å²) in [6, 6.07) is 25.1. The van der Waals surface area contributed by atoms with Crippen molar-refractivity contribution in [1.82, 2.24) is 19.5 Å². The van der Waals surface area contributed by atoms with Gasteiger partial charge < -0.3 is 33.4 Å². The molecule has 1 aliphatic carbocycles. The molecule has 3 heterocycles. The van der Waals surface area contributed by atoms with Crippen LogP contribution in [0.15, 0.2) is 97.3 Å². The van der Waals surface area contributed by atoms with Crippen LogP contribution in [0.4, 0.5) is 5.82 Å². The first kappa shape index (κ1) is 36.4. The highest BCUT2D eigenvalue weighted by Crippen LogP contribution is 2.63. The molecule has 5 atom stereocenters. The number of rotatable bonds is 14. The average Bonchev–Trinajstić information content (AvgIpc) is 3.88. The van der Waals surface area contributed by atoms with Crippen LogP contribution >= 0.6 is 26.8 Å². The normalized spacial score (nSPS) is 21.9. The van der Waals surface area contributed by atoms with Crippen LogP contribution in [0.1, 0.15) is 31.9 Å². The first-order valence-electron chi connectivity index (χ1n) is 16.8. The van der Waals surface area contributed by atoms with E-state index >= 15 is 0 Å². The summed E-state index contributed by atoms with van der Waals surface area (Å²) in [4.78, 5) is 15.4. The van der Waals surface area contributed by atoms with Crippen molar-refractivity contribution in [3.05, 3.63) is 103 Å². The third-order valence-electron chi connectivity index (χ3n) is 8.94. The molecule has 2 fully saturated rings. The Morgan fingerprint density at radius 1 is 0.827 bits per heavy atom. The van der Waals surface area contributed by atoms with E-state index in [1.807, 2.05) is 11.9 Å². The number of nitrogens with zero attached hydrogens (tertiary/aromatic N) is 5. The van der Waals surface area contributed by atoms with Crippen LogP contribution in [-0.4, -0.2) is 73.6 Å². The molecule has 14 nitrogen and oxygen atoms in total. The molecule has 7 rings (SSSR count). The van der Waals surface area contributed by atoms with Gasteiger partial charge in [0.15, 0.2) is 29.1 Å². The second kappa shape index (κ2) is 15.5. The van der Waals surface area contributed by atoms with Gasteiger partial charge in [-0.05, 0) is 60.8 Å². The molecule has 1 unspecified atom stereocenters. The predicted octanol–water partition coefficient (Wildman–Crippen LogP) is 7.08. The molecular formula is C35H38ClN5O9P2. The van der Waals surface area contributed by atoms with E-state index in [4.69, 9.17) is 34.4 Å². The SMILES string of the molecule is CN(c1nc(Cl)nc2c1ncn2[C@@H]1O[C@H](COP(=O)(CP(=O)(Oc2ccccc2)Oc2ccccc2)Oc2ccccc2)[C@@H](O)[C@H]1O)C1CCCC1. The fraction of sp³-hybridized carbons (Fsp3) is 0.343. The number of ether oxygens (including phenoxy) is 1. The van der Waals surface area contributed by atoms with E-state index < -0.39 is 52.2 Å². The van der Waals surface area contributed by atoms with E-state index in [2.05, 4.69) is 15.0 Å². The lowest BCUT2D eigenvalue weighted by Gasteiger charge is -2.26. The molecule has 0 radical (unpaired) electrons. The Morgan fingerprint density at radius 2 is 1.37 bits per heavy atom. The summed E-state index contributed by atoms with van der Waals surface area (Å²) in [6.07, 6.45) is 0.349. The molecule has 2 aromatic heterocycles. The largest absolute Gasteiger partial charge is 0.444 e. The van der Waals surface area contributed by atoms with Crippen molar-refractivity contribution in [3.63, 3.8) is 0 Å². The fourth-order valence-corrected chi connectivity index (χ4v) is 11.0. The lowest BCUT2D eigenvalue weighted by molar-refractivity contribution is -0.0482. The number of imidazole rings is 1. The molecule has 1 saturated heterocycles. The molecule has 2 aliphatic rings. The Hall–Kier alpha value is -4.00. The van der Waals surface area contributed by atoms with Gasteiger partial charge in [-0.15, -0.1) is 0 Å². The van der Waals surface area contributed by atoms with Gasteiger partial charge in [-0.3, -0.25) is 9.09 Å². The standard InChI is InChI=1S/C35H38ClN5O9P2/c1-40(24-13-11-12-14-24)32-29-33(39-35(36)38-32)41(22-37-29)34-31(43)30(42)28(47-34)21-46-51(44,48-25-15-5-2-6-16-25)23-52(45,49-26-17-7-3-8-18-26)50-27-19-9-4-10-20-27/h2-10,15-20,22,24,28,30-31,34,42-43H,11-14,21,23H2,1H3/t28-,30-,31-,34-,51?/m1/s1. The Kier molecular flexibility index (Phi) is 10.9. The quantitative estimate of drug-likeness (QED) is 0.0870. The zero-order chi connectivity index (χ0) is 36.3. The third-order valence-corrected chi connectivity index (χ3v) is 13.9. The zero-order valence-electron chi connectivity index (χ0n) is 28.1. The first-order chi connectivity index (χ1) is 25.1. The predicted molar refractivity (Wildman–Crippen MR) is 194 cm³/mol. The molecule has 1 aliphatic heterocycles. The van der Waals surface area contributed by atoms with Crippen molar-refractivity contribution in [2.75, 3.05) is 24.5 Å². The Balaban J connectivity index is 1.14. The number of aromatic nitrogens is 4. The molecule has 0 spiro atoms. The first-order valence-corrected chi connectivity index (χ1v) is 20.6. The lowest BCUT2D eigenvalue weighted by atomic mass is 10.1. The summed E-state index contributed by atoms with van der Waals surface area (Å²) < 4.78 is 60.2. The summed E-state index contributed by atoms with van der Waals surface area (Å²) in [7, 11) is -6.82. The highest BCUT2D eigenvalue weighted by atomic mass is 35.5. The minimum absolute atomic E-state index is 0.0131. The molecule has 17 heteroatoms. The smallest absolute Gasteiger partial charge is 0.424 e. The number of fused-ring (bicyclic) bond motifs is 1. The molecule has 0 bridgehead atoms. The van der Waals surface area contributed by atoms with Crippen LogP contribution in [-0.2, 0) is 18.4 Å². The van der Waals surface area contributed by atoms with E-state index in [-0.39, 0.29) is 28.6 Å². The summed E-state index contributed by atoms with van der Waals surface area (Å²) in [5.41, 5.74) is 0.755. The van der Waals surface area contributed by atoms with Gasteiger partial charge in [0.1, 0.15) is 35.6 Å². The van der Waals surface area contributed by atoms with Gasteiger partial charge in [-0.25, -0.2) is 14.1 Å². The number of hydrogen-bond donors (Lipinski definition) is 2. The Morgan fingerprint density at radius 3 is 1.92 bits per heavy atom. The number of benzene rings is 3. The van der Waals surface area contributed by atoms with Gasteiger partial charge in [0.2, 0.25) is 5.28 Å². The van der Waals surface area contributed by atoms with Crippen molar-refractivity contribution < 1.29 is 42.2 Å². The highest BCUT2D eigenvalue weighted by Gasteiger charge is 2.48. The van der Waals surface area contributed by atoms with Gasteiger partial charge in [0.05, 0.1) is 12.9 Å². The maximum atomic E-state index is 14.6. The second-order valence-corrected chi connectivity index (χ2v) is 17.3. The molecule has 1 saturated carbocycles. The van der Waals surface area contributed by atoms with Crippen LogP contribution in [0.3, 0.4) is 0 Å². The van der Waals surface area contributed by atoms with E-state index in [1.165, 1.54) is 10.9 Å². The number of halogens is 1. The minimum atomic E-state index is -4.44. The molecule has 2 N–H and O–H groups in total. The van der Waals surface area contributed by atoms with Crippen molar-refractivity contribution in [1.29, 1.82) is 0 Å². The van der Waals surface area contributed by atoms with Crippen molar-refractivity contribution >= 4 is 43.8 Å². The maximum absolute atomic E-state index is 14.6. The molecule has 3 aromatic carbocycles. The van der Waals surface area contributed by atoms with Crippen LogP contribution in [0.2, 0.25) is 5.28 Å². The van der Waals surface area contributed by atoms with Gasteiger partial charge >= 0.3 is 15.2 Å². The Labute approximate surface area is 305 Å². The van der Waals surface area contributed by atoms with Crippen molar-refractivity contribution in [2.24, 2.45) is 0 Å². The highest BCUT2D eigenvalue weighted by molar-refractivity contribution is 7.72.